The molecule has 0 aliphatic rings. The topological polar surface area (TPSA) is 38.7 Å². The van der Waals surface area contributed by atoms with Crippen molar-refractivity contribution in [2.75, 3.05) is 6.54 Å². The van der Waals surface area contributed by atoms with Crippen LogP contribution in [-0.4, -0.2) is 27.8 Å². The summed E-state index contributed by atoms with van der Waals surface area (Å²) >= 11 is 0. The van der Waals surface area contributed by atoms with E-state index in [1.807, 2.05) is 6.92 Å². The van der Waals surface area contributed by atoms with E-state index in [1.165, 1.54) is 6.08 Å². The lowest BCUT2D eigenvalue weighted by molar-refractivity contribution is 0.235. The first-order valence-corrected chi connectivity index (χ1v) is 6.14. The number of hydrogen-bond donors (Lipinski definition) is 0. The van der Waals surface area contributed by atoms with Crippen LogP contribution in [0.1, 0.15) is 6.92 Å². The Morgan fingerprint density at radius 1 is 1.70 bits per heavy atom. The number of hydrogen-bond acceptors (Lipinski definition) is 3. The third-order valence-electron chi connectivity index (χ3n) is 0.917. The van der Waals surface area contributed by atoms with Crippen LogP contribution in [0.4, 0.5) is 0 Å². The van der Waals surface area contributed by atoms with Crippen LogP contribution < -0.4 is 0 Å². The smallest absolute Gasteiger partial charge is 0.235 e. The Bertz CT molecular complexity index is 132. The summed E-state index contributed by atoms with van der Waals surface area (Å²) in [4.78, 5) is 13.1. The lowest BCUT2D eigenvalue weighted by Crippen LogP contribution is -2.19. The van der Waals surface area contributed by atoms with E-state index in [0.717, 1.165) is 0 Å². The second-order valence-electron chi connectivity index (χ2n) is 2.43. The summed E-state index contributed by atoms with van der Waals surface area (Å²) in [5, 5.41) is 0. The molecule has 0 heterocycles. The SMILES string of the molecule is CC(CN=C=O)O[SiH](C)C. The number of isocyanates is 1. The number of aliphatic imine (C=N–C) groups is 1. The summed E-state index contributed by atoms with van der Waals surface area (Å²) in [5.74, 6) is 0. The molecule has 0 aromatic heterocycles. The third-order valence-corrected chi connectivity index (χ3v) is 1.93. The molecular formula is C6H13NO2Si. The van der Waals surface area contributed by atoms with Crippen molar-refractivity contribution in [2.45, 2.75) is 26.1 Å². The van der Waals surface area contributed by atoms with Gasteiger partial charge in [0.15, 0.2) is 9.04 Å². The van der Waals surface area contributed by atoms with Crippen LogP contribution in [-0.2, 0) is 9.22 Å². The van der Waals surface area contributed by atoms with E-state index in [9.17, 15) is 4.79 Å². The van der Waals surface area contributed by atoms with Gasteiger partial charge in [-0.1, -0.05) is 0 Å². The molecule has 0 bridgehead atoms. The second kappa shape index (κ2) is 5.35. The summed E-state index contributed by atoms with van der Waals surface area (Å²) in [5.41, 5.74) is 0. The molecule has 0 fully saturated rings. The van der Waals surface area contributed by atoms with Gasteiger partial charge in [0.2, 0.25) is 6.08 Å². The van der Waals surface area contributed by atoms with E-state index in [1.54, 1.807) is 0 Å². The van der Waals surface area contributed by atoms with Crippen LogP contribution in [0.5, 0.6) is 0 Å². The van der Waals surface area contributed by atoms with E-state index >= 15 is 0 Å². The Kier molecular flexibility index (Phi) is 5.11. The van der Waals surface area contributed by atoms with Crippen molar-refractivity contribution in [1.29, 1.82) is 0 Å². The monoisotopic (exact) mass is 159 g/mol. The first-order chi connectivity index (χ1) is 4.66. The van der Waals surface area contributed by atoms with Crippen molar-refractivity contribution in [3.05, 3.63) is 0 Å². The number of rotatable bonds is 4. The van der Waals surface area contributed by atoms with Crippen LogP contribution in [0.3, 0.4) is 0 Å². The predicted molar refractivity (Wildman–Crippen MR) is 42.4 cm³/mol. The standard InChI is InChI=1S/C6H13NO2Si/c1-6(4-7-5-8)9-10(2)3/h6,10H,4H2,1-3H3. The highest BCUT2D eigenvalue weighted by Crippen LogP contribution is 1.93. The molecule has 0 rings (SSSR count). The lowest BCUT2D eigenvalue weighted by Gasteiger charge is -2.11. The minimum absolute atomic E-state index is 0.0770. The lowest BCUT2D eigenvalue weighted by atomic mass is 10.4. The third kappa shape index (κ3) is 5.69. The van der Waals surface area contributed by atoms with E-state index in [-0.39, 0.29) is 6.10 Å². The van der Waals surface area contributed by atoms with Gasteiger partial charge in [-0.3, -0.25) is 0 Å². The maximum absolute atomic E-state index is 9.66. The molecule has 0 N–H and O–H groups in total. The van der Waals surface area contributed by atoms with Crippen molar-refractivity contribution < 1.29 is 9.22 Å². The summed E-state index contributed by atoms with van der Waals surface area (Å²) < 4.78 is 5.42. The molecule has 58 valence electrons. The van der Waals surface area contributed by atoms with E-state index in [0.29, 0.717) is 6.54 Å². The van der Waals surface area contributed by atoms with Gasteiger partial charge in [0.1, 0.15) is 0 Å². The summed E-state index contributed by atoms with van der Waals surface area (Å²) in [6.07, 6.45) is 1.56. The van der Waals surface area contributed by atoms with Gasteiger partial charge < -0.3 is 4.43 Å². The van der Waals surface area contributed by atoms with Crippen molar-refractivity contribution in [2.24, 2.45) is 4.99 Å². The summed E-state index contributed by atoms with van der Waals surface area (Å²) in [7, 11) is -0.961. The van der Waals surface area contributed by atoms with Crippen molar-refractivity contribution in [1.82, 2.24) is 0 Å². The Morgan fingerprint density at radius 3 is 2.70 bits per heavy atom. The van der Waals surface area contributed by atoms with Gasteiger partial charge in [0.05, 0.1) is 12.6 Å². The Morgan fingerprint density at radius 2 is 2.30 bits per heavy atom. The Hall–Kier alpha value is -0.443. The fourth-order valence-electron chi connectivity index (χ4n) is 0.673. The maximum Gasteiger partial charge on any atom is 0.235 e. The molecule has 3 nitrogen and oxygen atoms in total. The fraction of sp³-hybridized carbons (Fsp3) is 0.833. The van der Waals surface area contributed by atoms with Gasteiger partial charge >= 0.3 is 0 Å². The van der Waals surface area contributed by atoms with E-state index in [4.69, 9.17) is 4.43 Å². The van der Waals surface area contributed by atoms with E-state index in [2.05, 4.69) is 18.1 Å². The maximum atomic E-state index is 9.66. The minimum Gasteiger partial charge on any atom is -0.416 e. The first kappa shape index (κ1) is 9.56. The molecular weight excluding hydrogens is 146 g/mol. The molecule has 0 aliphatic carbocycles. The molecule has 0 amide bonds. The zero-order valence-electron chi connectivity index (χ0n) is 6.63. The van der Waals surface area contributed by atoms with Crippen molar-refractivity contribution >= 4 is 15.1 Å². The highest BCUT2D eigenvalue weighted by molar-refractivity contribution is 6.48. The molecule has 0 aromatic rings. The molecule has 1 atom stereocenters. The molecule has 0 radical (unpaired) electrons. The Labute approximate surface area is 62.8 Å². The zero-order valence-corrected chi connectivity index (χ0v) is 7.78. The average Bonchev–Trinajstić information content (AvgIpc) is 1.82. The van der Waals surface area contributed by atoms with Gasteiger partial charge in [-0.25, -0.2) is 9.79 Å². The number of nitrogens with zero attached hydrogens (tertiary/aromatic N) is 1. The second-order valence-corrected chi connectivity index (χ2v) is 4.80. The number of carbonyl (C=O) groups excluding carboxylic acids is 1. The molecule has 1 unspecified atom stereocenters. The van der Waals surface area contributed by atoms with Crippen LogP contribution in [0.25, 0.3) is 0 Å². The highest BCUT2D eigenvalue weighted by Gasteiger charge is 2.02. The minimum atomic E-state index is -0.961. The van der Waals surface area contributed by atoms with Gasteiger partial charge in [0, 0.05) is 0 Å². The van der Waals surface area contributed by atoms with Gasteiger partial charge in [-0.05, 0) is 20.0 Å². The van der Waals surface area contributed by atoms with Gasteiger partial charge in [0.25, 0.3) is 0 Å². The van der Waals surface area contributed by atoms with Crippen LogP contribution in [0.2, 0.25) is 13.1 Å². The molecule has 0 saturated carbocycles. The predicted octanol–water partition coefficient (Wildman–Crippen LogP) is 0.711. The molecule has 4 heteroatoms. The summed E-state index contributed by atoms with van der Waals surface area (Å²) in [6, 6.07) is 0. The van der Waals surface area contributed by atoms with E-state index < -0.39 is 9.04 Å². The first-order valence-electron chi connectivity index (χ1n) is 3.36. The zero-order chi connectivity index (χ0) is 7.98. The molecule has 0 saturated heterocycles. The van der Waals surface area contributed by atoms with Crippen LogP contribution >= 0.6 is 0 Å². The van der Waals surface area contributed by atoms with Crippen LogP contribution in [0.15, 0.2) is 4.99 Å². The quantitative estimate of drug-likeness (QED) is 0.344. The normalized spacial score (nSPS) is 12.8. The molecule has 0 aromatic carbocycles. The fourth-order valence-corrected chi connectivity index (χ4v) is 1.69. The van der Waals surface area contributed by atoms with Crippen LogP contribution in [0, 0.1) is 0 Å². The van der Waals surface area contributed by atoms with Gasteiger partial charge in [-0.2, -0.15) is 0 Å². The Balaban J connectivity index is 3.42. The molecule has 0 aliphatic heterocycles. The molecule has 0 spiro atoms. The van der Waals surface area contributed by atoms with Crippen molar-refractivity contribution in [3.8, 4) is 0 Å². The summed E-state index contributed by atoms with van der Waals surface area (Å²) in [6.45, 7) is 6.52. The largest absolute Gasteiger partial charge is 0.416 e. The molecule has 10 heavy (non-hydrogen) atoms. The van der Waals surface area contributed by atoms with Crippen molar-refractivity contribution in [3.63, 3.8) is 0 Å². The highest BCUT2D eigenvalue weighted by atomic mass is 28.3. The van der Waals surface area contributed by atoms with Gasteiger partial charge in [-0.15, -0.1) is 0 Å². The average molecular weight is 159 g/mol.